The normalized spacial score (nSPS) is 14.6. The molecule has 0 unspecified atom stereocenters. The van der Waals surface area contributed by atoms with Gasteiger partial charge in [-0.3, -0.25) is 4.98 Å². The Labute approximate surface area is 110 Å². The van der Waals surface area contributed by atoms with Crippen molar-refractivity contribution in [2.45, 2.75) is 13.0 Å². The highest BCUT2D eigenvalue weighted by molar-refractivity contribution is 5.47. The summed E-state index contributed by atoms with van der Waals surface area (Å²) in [4.78, 5) is 10.9. The average molecular weight is 251 g/mol. The number of nitrogens with zero attached hydrogens (tertiary/aromatic N) is 5. The number of fused-ring (bicyclic) bond motifs is 2. The van der Waals surface area contributed by atoms with Crippen LogP contribution in [0.4, 0.5) is 5.82 Å². The molecule has 4 rings (SSSR count). The van der Waals surface area contributed by atoms with Crippen LogP contribution in [0.25, 0.3) is 5.65 Å². The van der Waals surface area contributed by atoms with Crippen LogP contribution in [0.1, 0.15) is 11.3 Å². The van der Waals surface area contributed by atoms with Gasteiger partial charge in [0.15, 0.2) is 5.65 Å². The number of aromatic nitrogens is 4. The number of imidazole rings is 1. The third kappa shape index (κ3) is 1.74. The summed E-state index contributed by atoms with van der Waals surface area (Å²) in [5.74, 6) is 0.986. The Morgan fingerprint density at radius 2 is 2.05 bits per heavy atom. The molecule has 19 heavy (non-hydrogen) atoms. The van der Waals surface area contributed by atoms with Crippen LogP contribution in [0, 0.1) is 0 Å². The van der Waals surface area contributed by atoms with Gasteiger partial charge in [0, 0.05) is 43.8 Å². The van der Waals surface area contributed by atoms with Crippen LogP contribution in [0.15, 0.2) is 42.9 Å². The monoisotopic (exact) mass is 251 g/mol. The fourth-order valence-electron chi connectivity index (χ4n) is 2.54. The van der Waals surface area contributed by atoms with E-state index in [1.165, 1.54) is 11.3 Å². The van der Waals surface area contributed by atoms with Gasteiger partial charge >= 0.3 is 0 Å². The van der Waals surface area contributed by atoms with Gasteiger partial charge in [-0.15, -0.1) is 5.10 Å². The summed E-state index contributed by atoms with van der Waals surface area (Å²) in [5.41, 5.74) is 3.38. The summed E-state index contributed by atoms with van der Waals surface area (Å²) < 4.78 is 1.81. The van der Waals surface area contributed by atoms with E-state index in [2.05, 4.69) is 26.0 Å². The van der Waals surface area contributed by atoms with E-state index in [1.54, 1.807) is 6.20 Å². The molecular weight excluding hydrogens is 238 g/mol. The fourth-order valence-corrected chi connectivity index (χ4v) is 2.54. The van der Waals surface area contributed by atoms with Gasteiger partial charge < -0.3 is 4.90 Å². The second-order valence-electron chi connectivity index (χ2n) is 4.70. The van der Waals surface area contributed by atoms with E-state index in [0.29, 0.717) is 0 Å². The molecule has 4 heterocycles. The first-order valence-electron chi connectivity index (χ1n) is 6.38. The molecule has 0 aliphatic carbocycles. The lowest BCUT2D eigenvalue weighted by Crippen LogP contribution is -2.31. The van der Waals surface area contributed by atoms with Crippen LogP contribution in [-0.4, -0.2) is 26.1 Å². The van der Waals surface area contributed by atoms with Crippen LogP contribution in [-0.2, 0) is 13.0 Å². The van der Waals surface area contributed by atoms with E-state index in [4.69, 9.17) is 0 Å². The van der Waals surface area contributed by atoms with E-state index in [0.717, 1.165) is 31.0 Å². The van der Waals surface area contributed by atoms with Crippen LogP contribution in [0.2, 0.25) is 0 Å². The standard InChI is InChI=1S/C14H13N5/c1-2-11-10-18(8-5-12(11)15-6-1)14-4-3-13-16-7-9-19(13)17-14/h1-4,6-7,9H,5,8,10H2. The molecule has 0 bridgehead atoms. The maximum absolute atomic E-state index is 4.59. The molecule has 1 aliphatic heterocycles. The Kier molecular flexibility index (Phi) is 2.24. The molecule has 0 aromatic carbocycles. The largest absolute Gasteiger partial charge is 0.350 e. The Morgan fingerprint density at radius 1 is 1.05 bits per heavy atom. The number of rotatable bonds is 1. The van der Waals surface area contributed by atoms with Crippen LogP contribution in [0.3, 0.4) is 0 Å². The lowest BCUT2D eigenvalue weighted by molar-refractivity contribution is 0.692. The van der Waals surface area contributed by atoms with Crippen molar-refractivity contribution < 1.29 is 0 Å². The predicted molar refractivity (Wildman–Crippen MR) is 72.0 cm³/mol. The highest BCUT2D eigenvalue weighted by Gasteiger charge is 2.18. The molecule has 3 aromatic heterocycles. The Bertz CT molecular complexity index is 733. The molecule has 5 nitrogen and oxygen atoms in total. The number of hydrogen-bond donors (Lipinski definition) is 0. The Hall–Kier alpha value is -2.43. The lowest BCUT2D eigenvalue weighted by atomic mass is 10.1. The van der Waals surface area contributed by atoms with E-state index in [-0.39, 0.29) is 0 Å². The Balaban J connectivity index is 1.70. The van der Waals surface area contributed by atoms with Gasteiger partial charge in [0.05, 0.1) is 0 Å². The van der Waals surface area contributed by atoms with Crippen molar-refractivity contribution in [1.82, 2.24) is 19.6 Å². The minimum absolute atomic E-state index is 0.871. The van der Waals surface area contributed by atoms with Crippen LogP contribution < -0.4 is 4.90 Å². The van der Waals surface area contributed by atoms with Crippen LogP contribution >= 0.6 is 0 Å². The molecule has 0 radical (unpaired) electrons. The lowest BCUT2D eigenvalue weighted by Gasteiger charge is -2.28. The molecule has 1 aliphatic rings. The molecule has 0 spiro atoms. The summed E-state index contributed by atoms with van der Waals surface area (Å²) in [7, 11) is 0. The Morgan fingerprint density at radius 3 is 3.05 bits per heavy atom. The smallest absolute Gasteiger partial charge is 0.153 e. The maximum Gasteiger partial charge on any atom is 0.153 e. The zero-order valence-electron chi connectivity index (χ0n) is 10.4. The van der Waals surface area contributed by atoms with Crippen molar-refractivity contribution in [2.75, 3.05) is 11.4 Å². The highest BCUT2D eigenvalue weighted by atomic mass is 15.3. The van der Waals surface area contributed by atoms with Gasteiger partial charge in [-0.2, -0.15) is 0 Å². The summed E-state index contributed by atoms with van der Waals surface area (Å²) in [5, 5.41) is 4.59. The van der Waals surface area contributed by atoms with Gasteiger partial charge in [-0.05, 0) is 23.8 Å². The van der Waals surface area contributed by atoms with Crippen molar-refractivity contribution in [3.8, 4) is 0 Å². The first kappa shape index (κ1) is 10.5. The van der Waals surface area contributed by atoms with Crippen molar-refractivity contribution in [3.05, 3.63) is 54.1 Å². The molecular formula is C14H13N5. The first-order chi connectivity index (χ1) is 9.40. The molecule has 0 saturated carbocycles. The molecule has 0 N–H and O–H groups in total. The quantitative estimate of drug-likeness (QED) is 0.660. The van der Waals surface area contributed by atoms with E-state index >= 15 is 0 Å². The predicted octanol–water partition coefficient (Wildman–Crippen LogP) is 1.69. The van der Waals surface area contributed by atoms with E-state index in [9.17, 15) is 0 Å². The molecule has 94 valence electrons. The van der Waals surface area contributed by atoms with Crippen molar-refractivity contribution in [3.63, 3.8) is 0 Å². The summed E-state index contributed by atoms with van der Waals surface area (Å²) in [6.45, 7) is 1.83. The maximum atomic E-state index is 4.59. The second kappa shape index (κ2) is 4.05. The summed E-state index contributed by atoms with van der Waals surface area (Å²) >= 11 is 0. The van der Waals surface area contributed by atoms with Gasteiger partial charge in [-0.1, -0.05) is 6.07 Å². The fraction of sp³-hybridized carbons (Fsp3) is 0.214. The minimum atomic E-state index is 0.871. The molecule has 0 amide bonds. The van der Waals surface area contributed by atoms with Gasteiger partial charge in [0.25, 0.3) is 0 Å². The third-order valence-corrected chi connectivity index (χ3v) is 3.53. The minimum Gasteiger partial charge on any atom is -0.350 e. The molecule has 0 fully saturated rings. The first-order valence-corrected chi connectivity index (χ1v) is 6.38. The summed E-state index contributed by atoms with van der Waals surface area (Å²) in [6.07, 6.45) is 6.48. The summed E-state index contributed by atoms with van der Waals surface area (Å²) in [6, 6.07) is 8.17. The average Bonchev–Trinajstić information content (AvgIpc) is 2.94. The number of hydrogen-bond acceptors (Lipinski definition) is 4. The highest BCUT2D eigenvalue weighted by Crippen LogP contribution is 2.21. The molecule has 0 atom stereocenters. The SMILES string of the molecule is c1cnc2c(c1)CN(c1ccc3nccn3n1)CC2. The van der Waals surface area contributed by atoms with Gasteiger partial charge in [0.1, 0.15) is 5.82 Å². The second-order valence-corrected chi connectivity index (χ2v) is 4.70. The number of pyridine rings is 1. The molecule has 0 saturated heterocycles. The number of anilines is 1. The van der Waals surface area contributed by atoms with Crippen molar-refractivity contribution in [2.24, 2.45) is 0 Å². The third-order valence-electron chi connectivity index (χ3n) is 3.53. The van der Waals surface area contributed by atoms with Crippen molar-refractivity contribution in [1.29, 1.82) is 0 Å². The van der Waals surface area contributed by atoms with Gasteiger partial charge in [0.2, 0.25) is 0 Å². The zero-order chi connectivity index (χ0) is 12.7. The van der Waals surface area contributed by atoms with E-state index < -0.39 is 0 Å². The van der Waals surface area contributed by atoms with Crippen LogP contribution in [0.5, 0.6) is 0 Å². The molecule has 5 heteroatoms. The van der Waals surface area contributed by atoms with Crippen molar-refractivity contribution >= 4 is 11.5 Å². The van der Waals surface area contributed by atoms with Gasteiger partial charge in [-0.25, -0.2) is 9.50 Å². The topological polar surface area (TPSA) is 46.3 Å². The van der Waals surface area contributed by atoms with E-state index in [1.807, 2.05) is 35.1 Å². The molecule has 3 aromatic rings. The zero-order valence-corrected chi connectivity index (χ0v) is 10.4.